The van der Waals surface area contributed by atoms with Crippen LogP contribution in [0.1, 0.15) is 57.2 Å². The van der Waals surface area contributed by atoms with Crippen LogP contribution in [0, 0.1) is 0 Å². The quantitative estimate of drug-likeness (QED) is 0.912. The average molecular weight is 316 g/mol. The number of hydrogen-bond acceptors (Lipinski definition) is 3. The third-order valence-electron chi connectivity index (χ3n) is 4.33. The lowest BCUT2D eigenvalue weighted by atomic mass is 9.92. The van der Waals surface area contributed by atoms with Gasteiger partial charge in [-0.3, -0.25) is 9.69 Å². The van der Waals surface area contributed by atoms with E-state index in [4.69, 9.17) is 4.74 Å². The van der Waals surface area contributed by atoms with E-state index < -0.39 is 17.7 Å². The molecule has 124 valence electrons. The van der Waals surface area contributed by atoms with Crippen molar-refractivity contribution in [3.05, 3.63) is 35.4 Å². The van der Waals surface area contributed by atoms with Gasteiger partial charge in [0.2, 0.25) is 5.91 Å². The molecule has 1 aliphatic heterocycles. The molecule has 1 aromatic carbocycles. The maximum atomic E-state index is 12.7. The van der Waals surface area contributed by atoms with Crippen LogP contribution in [0.4, 0.5) is 4.79 Å². The first-order valence-corrected chi connectivity index (χ1v) is 8.23. The molecule has 0 aromatic heterocycles. The molecule has 3 rings (SSSR count). The van der Waals surface area contributed by atoms with Crippen molar-refractivity contribution in [1.82, 2.24) is 10.2 Å². The van der Waals surface area contributed by atoms with Gasteiger partial charge in [-0.1, -0.05) is 24.3 Å². The average Bonchev–Trinajstić information content (AvgIpc) is 2.80. The number of nitrogens with zero attached hydrogens (tertiary/aromatic N) is 1. The molecule has 1 fully saturated rings. The normalized spacial score (nSPS) is 20.7. The lowest BCUT2D eigenvalue weighted by Crippen LogP contribution is -2.47. The third kappa shape index (κ3) is 3.33. The summed E-state index contributed by atoms with van der Waals surface area (Å²) in [5.41, 5.74) is 1.32. The van der Waals surface area contributed by atoms with E-state index in [0.29, 0.717) is 6.54 Å². The molecule has 1 aliphatic carbocycles. The summed E-state index contributed by atoms with van der Waals surface area (Å²) < 4.78 is 5.49. The second-order valence-electron chi connectivity index (χ2n) is 7.35. The molecule has 2 aliphatic rings. The number of amides is 2. The minimum absolute atomic E-state index is 0.106. The first kappa shape index (κ1) is 15.8. The van der Waals surface area contributed by atoms with E-state index >= 15 is 0 Å². The number of nitrogens with one attached hydrogen (secondary N) is 1. The molecule has 5 nitrogen and oxygen atoms in total. The van der Waals surface area contributed by atoms with Gasteiger partial charge in [-0.2, -0.15) is 0 Å². The molecular formula is C18H24N2O3. The number of fused-ring (bicyclic) bond motifs is 1. The van der Waals surface area contributed by atoms with Crippen LogP contribution in [0.2, 0.25) is 0 Å². The van der Waals surface area contributed by atoms with Crippen LogP contribution in [0.5, 0.6) is 0 Å². The van der Waals surface area contributed by atoms with Crippen molar-refractivity contribution in [2.45, 2.75) is 64.3 Å². The minimum Gasteiger partial charge on any atom is -0.444 e. The molecule has 1 unspecified atom stereocenters. The van der Waals surface area contributed by atoms with E-state index in [2.05, 4.69) is 5.32 Å². The van der Waals surface area contributed by atoms with Crippen LogP contribution >= 0.6 is 0 Å². The van der Waals surface area contributed by atoms with Gasteiger partial charge < -0.3 is 10.1 Å². The SMILES string of the molecule is CC(C)(C)OC(=O)N1Cc2ccccc2C1C(=O)NC1CCC1. The summed E-state index contributed by atoms with van der Waals surface area (Å²) in [5, 5.41) is 3.06. The van der Waals surface area contributed by atoms with Crippen molar-refractivity contribution in [2.75, 3.05) is 0 Å². The summed E-state index contributed by atoms with van der Waals surface area (Å²) in [6.07, 6.45) is 2.75. The molecule has 0 spiro atoms. The molecular weight excluding hydrogens is 292 g/mol. The maximum absolute atomic E-state index is 12.7. The molecule has 23 heavy (non-hydrogen) atoms. The molecule has 5 heteroatoms. The van der Waals surface area contributed by atoms with Crippen LogP contribution in [-0.2, 0) is 16.1 Å². The first-order chi connectivity index (χ1) is 10.8. The van der Waals surface area contributed by atoms with Gasteiger partial charge in [0.1, 0.15) is 11.6 Å². The van der Waals surface area contributed by atoms with Crippen molar-refractivity contribution in [3.8, 4) is 0 Å². The van der Waals surface area contributed by atoms with Crippen molar-refractivity contribution in [3.63, 3.8) is 0 Å². The fourth-order valence-corrected chi connectivity index (χ4v) is 2.99. The number of carbonyl (C=O) groups excluding carboxylic acids is 2. The summed E-state index contributed by atoms with van der Waals surface area (Å²) in [5.74, 6) is -0.106. The number of carbonyl (C=O) groups is 2. The summed E-state index contributed by atoms with van der Waals surface area (Å²) in [6.45, 7) is 5.90. The van der Waals surface area contributed by atoms with E-state index in [1.165, 1.54) is 4.90 Å². The first-order valence-electron chi connectivity index (χ1n) is 8.23. The Bertz CT molecular complexity index is 617. The molecule has 1 N–H and O–H groups in total. The van der Waals surface area contributed by atoms with E-state index in [9.17, 15) is 9.59 Å². The Balaban J connectivity index is 1.83. The Morgan fingerprint density at radius 2 is 1.91 bits per heavy atom. The Hall–Kier alpha value is -2.04. The fraction of sp³-hybridized carbons (Fsp3) is 0.556. The molecule has 0 radical (unpaired) electrons. The summed E-state index contributed by atoms with van der Waals surface area (Å²) in [6, 6.07) is 7.37. The van der Waals surface area contributed by atoms with Crippen molar-refractivity contribution in [2.24, 2.45) is 0 Å². The number of hydrogen-bond donors (Lipinski definition) is 1. The standard InChI is InChI=1S/C18H24N2O3/c1-18(2,3)23-17(22)20-11-12-7-4-5-10-14(12)15(20)16(21)19-13-8-6-9-13/h4-5,7,10,13,15H,6,8-9,11H2,1-3H3,(H,19,21). The second-order valence-corrected chi connectivity index (χ2v) is 7.35. The number of benzene rings is 1. The fourth-order valence-electron chi connectivity index (χ4n) is 2.99. The van der Waals surface area contributed by atoms with Crippen LogP contribution < -0.4 is 5.32 Å². The van der Waals surface area contributed by atoms with Crippen molar-refractivity contribution < 1.29 is 14.3 Å². The second kappa shape index (κ2) is 5.87. The zero-order valence-corrected chi connectivity index (χ0v) is 14.0. The van der Waals surface area contributed by atoms with Crippen molar-refractivity contribution in [1.29, 1.82) is 0 Å². The zero-order valence-electron chi connectivity index (χ0n) is 14.0. The monoisotopic (exact) mass is 316 g/mol. The summed E-state index contributed by atoms with van der Waals surface area (Å²) >= 11 is 0. The predicted molar refractivity (Wildman–Crippen MR) is 86.7 cm³/mol. The van der Waals surface area contributed by atoms with E-state index in [0.717, 1.165) is 30.4 Å². The van der Waals surface area contributed by atoms with Crippen LogP contribution in [0.15, 0.2) is 24.3 Å². The number of ether oxygens (including phenoxy) is 1. The Morgan fingerprint density at radius 1 is 1.22 bits per heavy atom. The summed E-state index contributed by atoms with van der Waals surface area (Å²) in [7, 11) is 0. The van der Waals surface area contributed by atoms with E-state index in [1.54, 1.807) is 0 Å². The van der Waals surface area contributed by atoms with Gasteiger partial charge in [0.15, 0.2) is 0 Å². The highest BCUT2D eigenvalue weighted by Gasteiger charge is 2.41. The van der Waals surface area contributed by atoms with Crippen LogP contribution in [0.3, 0.4) is 0 Å². The molecule has 0 bridgehead atoms. The van der Waals surface area contributed by atoms with Gasteiger partial charge in [0.25, 0.3) is 0 Å². The van der Waals surface area contributed by atoms with Crippen molar-refractivity contribution >= 4 is 12.0 Å². The zero-order chi connectivity index (χ0) is 16.6. The highest BCUT2D eigenvalue weighted by molar-refractivity contribution is 5.88. The van der Waals surface area contributed by atoms with Gasteiger partial charge in [-0.05, 0) is 51.2 Å². The molecule has 1 atom stereocenters. The molecule has 0 saturated heterocycles. The Labute approximate surface area is 137 Å². The van der Waals surface area contributed by atoms with Crippen LogP contribution in [0.25, 0.3) is 0 Å². The topological polar surface area (TPSA) is 58.6 Å². The molecule has 2 amide bonds. The smallest absolute Gasteiger partial charge is 0.411 e. The largest absolute Gasteiger partial charge is 0.444 e. The Morgan fingerprint density at radius 3 is 2.52 bits per heavy atom. The van der Waals surface area contributed by atoms with Crippen LogP contribution in [-0.4, -0.2) is 28.5 Å². The highest BCUT2D eigenvalue weighted by Crippen LogP contribution is 2.35. The van der Waals surface area contributed by atoms with Gasteiger partial charge in [-0.25, -0.2) is 4.79 Å². The van der Waals surface area contributed by atoms with Gasteiger partial charge in [0.05, 0.1) is 6.54 Å². The van der Waals surface area contributed by atoms with E-state index in [-0.39, 0.29) is 11.9 Å². The summed E-state index contributed by atoms with van der Waals surface area (Å²) in [4.78, 5) is 26.8. The Kier molecular flexibility index (Phi) is 4.04. The molecule has 1 aromatic rings. The van der Waals surface area contributed by atoms with E-state index in [1.807, 2.05) is 45.0 Å². The maximum Gasteiger partial charge on any atom is 0.411 e. The molecule has 1 saturated carbocycles. The molecule has 1 heterocycles. The lowest BCUT2D eigenvalue weighted by molar-refractivity contribution is -0.127. The number of rotatable bonds is 2. The lowest BCUT2D eigenvalue weighted by Gasteiger charge is -2.31. The van der Waals surface area contributed by atoms with Gasteiger partial charge >= 0.3 is 6.09 Å². The van der Waals surface area contributed by atoms with Gasteiger partial charge in [0, 0.05) is 6.04 Å². The van der Waals surface area contributed by atoms with Gasteiger partial charge in [-0.15, -0.1) is 0 Å². The predicted octanol–water partition coefficient (Wildman–Crippen LogP) is 3.15. The highest BCUT2D eigenvalue weighted by atomic mass is 16.6. The minimum atomic E-state index is -0.596. The third-order valence-corrected chi connectivity index (χ3v) is 4.33.